The van der Waals surface area contributed by atoms with Gasteiger partial charge in [-0.25, -0.2) is 0 Å². The molecule has 5 nitrogen and oxygen atoms in total. The minimum Gasteiger partial charge on any atom is -0.494 e. The molecule has 1 aromatic carbocycles. The second kappa shape index (κ2) is 7.29. The highest BCUT2D eigenvalue weighted by Gasteiger charge is 2.35. The summed E-state index contributed by atoms with van der Waals surface area (Å²) in [4.78, 5) is 27.7. The molecule has 0 saturated carbocycles. The third kappa shape index (κ3) is 3.78. The zero-order valence-corrected chi connectivity index (χ0v) is 13.5. The quantitative estimate of drug-likeness (QED) is 0.805. The minimum atomic E-state index is -0.310. The molecule has 0 bridgehead atoms. The van der Waals surface area contributed by atoms with E-state index in [1.807, 2.05) is 37.3 Å². The molecular weight excluding hydrogens is 280 g/mol. The van der Waals surface area contributed by atoms with E-state index in [9.17, 15) is 9.59 Å². The van der Waals surface area contributed by atoms with Crippen LogP contribution in [0.25, 0.3) is 0 Å². The van der Waals surface area contributed by atoms with Crippen LogP contribution < -0.4 is 4.74 Å². The smallest absolute Gasteiger partial charge is 0.245 e. The van der Waals surface area contributed by atoms with Crippen LogP contribution in [0, 0.1) is 5.92 Å². The third-order valence-corrected chi connectivity index (χ3v) is 4.20. The lowest BCUT2D eigenvalue weighted by Crippen LogP contribution is -2.44. The second-order valence-corrected chi connectivity index (χ2v) is 5.86. The number of benzene rings is 1. The Hall–Kier alpha value is -2.04. The van der Waals surface area contributed by atoms with Crippen molar-refractivity contribution in [3.63, 3.8) is 0 Å². The maximum absolute atomic E-state index is 12.4. The van der Waals surface area contributed by atoms with E-state index in [0.717, 1.165) is 5.75 Å². The van der Waals surface area contributed by atoms with Gasteiger partial charge in [-0.1, -0.05) is 25.1 Å². The maximum atomic E-state index is 12.4. The Morgan fingerprint density at radius 2 is 2.09 bits per heavy atom. The molecule has 0 N–H and O–H groups in total. The van der Waals surface area contributed by atoms with Crippen molar-refractivity contribution in [1.82, 2.24) is 9.80 Å². The maximum Gasteiger partial charge on any atom is 0.245 e. The minimum absolute atomic E-state index is 0.00492. The van der Waals surface area contributed by atoms with Gasteiger partial charge < -0.3 is 14.5 Å². The molecule has 0 aliphatic carbocycles. The average molecular weight is 304 g/mol. The first-order valence-electron chi connectivity index (χ1n) is 7.70. The van der Waals surface area contributed by atoms with E-state index in [0.29, 0.717) is 26.0 Å². The third-order valence-electron chi connectivity index (χ3n) is 4.20. The van der Waals surface area contributed by atoms with Crippen molar-refractivity contribution in [1.29, 1.82) is 0 Å². The molecule has 0 aromatic heterocycles. The molecule has 5 heteroatoms. The molecule has 0 unspecified atom stereocenters. The normalized spacial score (nSPS) is 19.1. The zero-order valence-electron chi connectivity index (χ0n) is 13.5. The van der Waals surface area contributed by atoms with Crippen molar-refractivity contribution >= 4 is 11.8 Å². The number of hydrogen-bond acceptors (Lipinski definition) is 3. The fourth-order valence-corrected chi connectivity index (χ4v) is 2.66. The summed E-state index contributed by atoms with van der Waals surface area (Å²) in [5, 5.41) is 0. The molecule has 22 heavy (non-hydrogen) atoms. The number of rotatable bonds is 6. The Balaban J connectivity index is 1.80. The lowest BCUT2D eigenvalue weighted by molar-refractivity contribution is -0.142. The number of ether oxygens (including phenoxy) is 1. The first-order valence-corrected chi connectivity index (χ1v) is 7.70. The van der Waals surface area contributed by atoms with Crippen molar-refractivity contribution in [2.24, 2.45) is 5.92 Å². The van der Waals surface area contributed by atoms with E-state index < -0.39 is 0 Å². The Kier molecular flexibility index (Phi) is 5.41. The van der Waals surface area contributed by atoms with Gasteiger partial charge in [-0.15, -0.1) is 0 Å². The molecule has 120 valence electrons. The molecule has 0 radical (unpaired) electrons. The van der Waals surface area contributed by atoms with Gasteiger partial charge in [0.15, 0.2) is 0 Å². The topological polar surface area (TPSA) is 49.9 Å². The predicted octanol–water partition coefficient (Wildman–Crippen LogP) is 1.78. The van der Waals surface area contributed by atoms with Crippen molar-refractivity contribution in [3.05, 3.63) is 30.3 Å². The van der Waals surface area contributed by atoms with Gasteiger partial charge in [-0.3, -0.25) is 9.59 Å². The second-order valence-electron chi connectivity index (χ2n) is 5.86. The number of hydrogen-bond donors (Lipinski definition) is 0. The number of carbonyl (C=O) groups is 2. The lowest BCUT2D eigenvalue weighted by atomic mass is 10.1. The Morgan fingerprint density at radius 3 is 2.68 bits per heavy atom. The highest BCUT2D eigenvalue weighted by atomic mass is 16.5. The van der Waals surface area contributed by atoms with Crippen LogP contribution in [-0.2, 0) is 9.59 Å². The summed E-state index contributed by atoms with van der Waals surface area (Å²) in [6, 6.07) is 9.25. The van der Waals surface area contributed by atoms with Crippen molar-refractivity contribution < 1.29 is 14.3 Å². The summed E-state index contributed by atoms with van der Waals surface area (Å²) in [5.74, 6) is 0.685. The molecular formula is C17H24N2O3. The largest absolute Gasteiger partial charge is 0.494 e. The zero-order chi connectivity index (χ0) is 16.1. The number of likely N-dealkylation sites (N-methyl/N-ethyl adjacent to an activating group) is 2. The fraction of sp³-hybridized carbons (Fsp3) is 0.529. The molecule has 0 spiro atoms. The average Bonchev–Trinajstić information content (AvgIpc) is 2.86. The lowest BCUT2D eigenvalue weighted by Gasteiger charge is -2.26. The van der Waals surface area contributed by atoms with Crippen LogP contribution in [0.2, 0.25) is 0 Å². The van der Waals surface area contributed by atoms with Crippen LogP contribution in [0.3, 0.4) is 0 Å². The fourth-order valence-electron chi connectivity index (χ4n) is 2.66. The SMILES string of the molecule is C[C@H](CCOc1ccccc1)C(=O)N(C)[C@H]1CCN(C)C1=O. The van der Waals surface area contributed by atoms with E-state index in [2.05, 4.69) is 0 Å². The predicted molar refractivity (Wildman–Crippen MR) is 84.5 cm³/mol. The molecule has 1 aromatic rings. The van der Waals surface area contributed by atoms with Gasteiger partial charge >= 0.3 is 0 Å². The van der Waals surface area contributed by atoms with Gasteiger partial charge in [0.1, 0.15) is 11.8 Å². The van der Waals surface area contributed by atoms with E-state index >= 15 is 0 Å². The van der Waals surface area contributed by atoms with Crippen LogP contribution in [0.1, 0.15) is 19.8 Å². The molecule has 1 aliphatic heterocycles. The van der Waals surface area contributed by atoms with Crippen LogP contribution in [0.4, 0.5) is 0 Å². The summed E-state index contributed by atoms with van der Waals surface area (Å²) in [7, 11) is 3.50. The van der Waals surface area contributed by atoms with Gasteiger partial charge in [0.05, 0.1) is 6.61 Å². The highest BCUT2D eigenvalue weighted by molar-refractivity contribution is 5.89. The molecule has 2 rings (SSSR count). The molecule has 1 aliphatic rings. The van der Waals surface area contributed by atoms with Crippen LogP contribution >= 0.6 is 0 Å². The summed E-state index contributed by atoms with van der Waals surface area (Å²) in [5.41, 5.74) is 0. The van der Waals surface area contributed by atoms with E-state index in [1.165, 1.54) is 0 Å². The van der Waals surface area contributed by atoms with E-state index in [1.54, 1.807) is 23.9 Å². The number of likely N-dealkylation sites (tertiary alicyclic amines) is 1. The summed E-state index contributed by atoms with van der Waals surface area (Å²) in [6.07, 6.45) is 1.35. The number of nitrogens with zero attached hydrogens (tertiary/aromatic N) is 2. The Bertz CT molecular complexity index is 518. The van der Waals surface area contributed by atoms with Gasteiger partial charge in [-0.05, 0) is 25.0 Å². The Morgan fingerprint density at radius 1 is 1.41 bits per heavy atom. The highest BCUT2D eigenvalue weighted by Crippen LogP contribution is 2.18. The van der Waals surface area contributed by atoms with Crippen LogP contribution in [-0.4, -0.2) is 54.9 Å². The van der Waals surface area contributed by atoms with Gasteiger partial charge in [0.2, 0.25) is 11.8 Å². The summed E-state index contributed by atoms with van der Waals surface area (Å²) < 4.78 is 5.62. The van der Waals surface area contributed by atoms with Crippen molar-refractivity contribution in [3.8, 4) is 5.75 Å². The number of amides is 2. The first kappa shape index (κ1) is 16.3. The van der Waals surface area contributed by atoms with Crippen molar-refractivity contribution in [2.75, 3.05) is 27.2 Å². The Labute approximate surface area is 131 Å². The monoisotopic (exact) mass is 304 g/mol. The van der Waals surface area contributed by atoms with Crippen molar-refractivity contribution in [2.45, 2.75) is 25.8 Å². The standard InChI is InChI=1S/C17H24N2O3/c1-13(10-12-22-14-7-5-4-6-8-14)16(20)19(3)15-9-11-18(2)17(15)21/h4-8,13,15H,9-12H2,1-3H3/t13-,15+/m1/s1. The summed E-state index contributed by atoms with van der Waals surface area (Å²) >= 11 is 0. The molecule has 1 heterocycles. The number of para-hydroxylation sites is 1. The summed E-state index contributed by atoms with van der Waals surface area (Å²) in [6.45, 7) is 3.09. The van der Waals surface area contributed by atoms with Gasteiger partial charge in [0, 0.05) is 26.6 Å². The molecule has 1 saturated heterocycles. The van der Waals surface area contributed by atoms with Gasteiger partial charge in [0.25, 0.3) is 0 Å². The van der Waals surface area contributed by atoms with E-state index in [4.69, 9.17) is 4.74 Å². The molecule has 2 amide bonds. The van der Waals surface area contributed by atoms with Crippen LogP contribution in [0.15, 0.2) is 30.3 Å². The first-order chi connectivity index (χ1) is 10.5. The van der Waals surface area contributed by atoms with Gasteiger partial charge in [-0.2, -0.15) is 0 Å². The number of carbonyl (C=O) groups excluding carboxylic acids is 2. The van der Waals surface area contributed by atoms with Crippen LogP contribution in [0.5, 0.6) is 5.75 Å². The molecule has 2 atom stereocenters. The van der Waals surface area contributed by atoms with E-state index in [-0.39, 0.29) is 23.8 Å². The molecule has 1 fully saturated rings.